The lowest BCUT2D eigenvalue weighted by molar-refractivity contribution is 0.598. The molecule has 0 heterocycles. The number of rotatable bonds is 6. The van der Waals surface area contributed by atoms with E-state index in [-0.39, 0.29) is 9.79 Å². The minimum atomic E-state index is -3.98. The first-order chi connectivity index (χ1) is 14.0. The normalized spacial score (nSPS) is 11.9. The number of benzene rings is 3. The molecule has 0 atom stereocenters. The van der Waals surface area contributed by atoms with Crippen LogP contribution in [0.2, 0.25) is 0 Å². The standard InChI is InChI=1S/C20H18I2N2O4S2/c1-13-11-14(2)20(30(27,28)24-18-9-5-16(22)6-10-18)12-19(13)29(25,26)23-17-7-3-15(21)4-8-17/h3-12,23-24H,1-2H3. The number of hydrogen-bond acceptors (Lipinski definition) is 4. The maximum atomic E-state index is 13.0. The van der Waals surface area contributed by atoms with Crippen LogP contribution in [-0.2, 0) is 20.0 Å². The molecule has 10 heteroatoms. The summed E-state index contributed by atoms with van der Waals surface area (Å²) in [5.74, 6) is 0. The summed E-state index contributed by atoms with van der Waals surface area (Å²) < 4.78 is 58.8. The van der Waals surface area contributed by atoms with Crippen molar-refractivity contribution in [1.29, 1.82) is 0 Å². The Morgan fingerprint density at radius 2 is 0.933 bits per heavy atom. The van der Waals surface area contributed by atoms with Crippen LogP contribution in [0.25, 0.3) is 0 Å². The molecule has 0 amide bonds. The van der Waals surface area contributed by atoms with Crippen LogP contribution in [0, 0.1) is 21.0 Å². The van der Waals surface area contributed by atoms with Gasteiger partial charge in [0.15, 0.2) is 0 Å². The SMILES string of the molecule is Cc1cc(C)c(S(=O)(=O)Nc2ccc(I)cc2)cc1S(=O)(=O)Nc1ccc(I)cc1. The highest BCUT2D eigenvalue weighted by molar-refractivity contribution is 14.1. The second-order valence-electron chi connectivity index (χ2n) is 6.61. The fourth-order valence-corrected chi connectivity index (χ4v) is 6.27. The van der Waals surface area contributed by atoms with E-state index in [1.165, 1.54) is 6.07 Å². The molecular weight excluding hydrogens is 650 g/mol. The molecule has 0 aliphatic heterocycles. The summed E-state index contributed by atoms with van der Waals surface area (Å²) in [6, 6.07) is 16.5. The van der Waals surface area contributed by atoms with Crippen LogP contribution in [0.5, 0.6) is 0 Å². The van der Waals surface area contributed by atoms with Crippen LogP contribution in [-0.4, -0.2) is 16.8 Å². The van der Waals surface area contributed by atoms with Crippen molar-refractivity contribution >= 4 is 76.6 Å². The van der Waals surface area contributed by atoms with Gasteiger partial charge in [-0.15, -0.1) is 0 Å². The molecule has 0 unspecified atom stereocenters. The van der Waals surface area contributed by atoms with Crippen molar-refractivity contribution in [2.45, 2.75) is 23.6 Å². The van der Waals surface area contributed by atoms with Gasteiger partial charge < -0.3 is 0 Å². The minimum absolute atomic E-state index is 0.0883. The molecular formula is C20H18I2N2O4S2. The zero-order valence-electron chi connectivity index (χ0n) is 16.0. The lowest BCUT2D eigenvalue weighted by Gasteiger charge is -2.15. The fraction of sp³-hybridized carbons (Fsp3) is 0.100. The Kier molecular flexibility index (Phi) is 6.99. The summed E-state index contributed by atoms with van der Waals surface area (Å²) in [4.78, 5) is -0.177. The molecule has 6 nitrogen and oxygen atoms in total. The Hall–Kier alpha value is -1.38. The van der Waals surface area contributed by atoms with Crippen molar-refractivity contribution in [3.63, 3.8) is 0 Å². The van der Waals surface area contributed by atoms with Crippen LogP contribution >= 0.6 is 45.2 Å². The number of nitrogens with one attached hydrogen (secondary N) is 2. The predicted molar refractivity (Wildman–Crippen MR) is 136 cm³/mol. The van der Waals surface area contributed by atoms with E-state index >= 15 is 0 Å². The molecule has 2 N–H and O–H groups in total. The molecule has 0 saturated heterocycles. The van der Waals surface area contributed by atoms with E-state index in [9.17, 15) is 16.8 Å². The molecule has 0 aromatic heterocycles. The first kappa shape index (κ1) is 23.3. The average molecular weight is 668 g/mol. The maximum Gasteiger partial charge on any atom is 0.262 e. The summed E-state index contributed by atoms with van der Waals surface area (Å²) in [5, 5.41) is 0. The summed E-state index contributed by atoms with van der Waals surface area (Å²) in [6.45, 7) is 3.27. The van der Waals surface area contributed by atoms with Crippen molar-refractivity contribution in [3.05, 3.63) is 78.9 Å². The molecule has 0 spiro atoms. The van der Waals surface area contributed by atoms with Gasteiger partial charge in [0.25, 0.3) is 20.0 Å². The van der Waals surface area contributed by atoms with Gasteiger partial charge in [-0.1, -0.05) is 6.07 Å². The van der Waals surface area contributed by atoms with Gasteiger partial charge in [0, 0.05) is 18.5 Å². The van der Waals surface area contributed by atoms with Crippen LogP contribution in [0.1, 0.15) is 11.1 Å². The van der Waals surface area contributed by atoms with E-state index in [4.69, 9.17) is 0 Å². The van der Waals surface area contributed by atoms with E-state index in [1.807, 2.05) is 0 Å². The van der Waals surface area contributed by atoms with Gasteiger partial charge in [-0.2, -0.15) is 0 Å². The Morgan fingerprint density at radius 3 is 1.27 bits per heavy atom. The number of aryl methyl sites for hydroxylation is 2. The van der Waals surface area contributed by atoms with Gasteiger partial charge in [-0.25, -0.2) is 16.8 Å². The molecule has 0 bridgehead atoms. The van der Waals surface area contributed by atoms with Crippen LogP contribution in [0.15, 0.2) is 70.5 Å². The van der Waals surface area contributed by atoms with Crippen LogP contribution in [0.4, 0.5) is 11.4 Å². The topological polar surface area (TPSA) is 92.3 Å². The quantitative estimate of drug-likeness (QED) is 0.358. The minimum Gasteiger partial charge on any atom is -0.280 e. The van der Waals surface area contributed by atoms with Gasteiger partial charge in [0.1, 0.15) is 0 Å². The van der Waals surface area contributed by atoms with Gasteiger partial charge in [0.05, 0.1) is 9.79 Å². The monoisotopic (exact) mass is 668 g/mol. The zero-order valence-corrected chi connectivity index (χ0v) is 21.9. The van der Waals surface area contributed by atoms with E-state index in [2.05, 4.69) is 54.6 Å². The molecule has 158 valence electrons. The van der Waals surface area contributed by atoms with Crippen molar-refractivity contribution in [2.75, 3.05) is 9.44 Å². The maximum absolute atomic E-state index is 13.0. The second kappa shape index (κ2) is 9.01. The molecule has 3 rings (SSSR count). The van der Waals surface area contributed by atoms with Gasteiger partial charge in [0.2, 0.25) is 0 Å². The number of halogens is 2. The van der Waals surface area contributed by atoms with E-state index in [0.717, 1.165) is 7.14 Å². The lowest BCUT2D eigenvalue weighted by atomic mass is 10.2. The highest BCUT2D eigenvalue weighted by atomic mass is 127. The molecule has 0 fully saturated rings. The number of anilines is 2. The second-order valence-corrected chi connectivity index (χ2v) is 12.4. The fourth-order valence-electron chi connectivity index (χ4n) is 2.85. The molecule has 0 saturated carbocycles. The Morgan fingerprint density at radius 1 is 0.600 bits per heavy atom. The third-order valence-corrected chi connectivity index (χ3v) is 8.73. The summed E-state index contributed by atoms with van der Waals surface area (Å²) >= 11 is 4.25. The average Bonchev–Trinajstić information content (AvgIpc) is 2.64. The van der Waals surface area contributed by atoms with Crippen LogP contribution < -0.4 is 9.44 Å². The van der Waals surface area contributed by atoms with Gasteiger partial charge in [-0.05, 0) is 125 Å². The van der Waals surface area contributed by atoms with Gasteiger partial charge >= 0.3 is 0 Å². The smallest absolute Gasteiger partial charge is 0.262 e. The van der Waals surface area contributed by atoms with Crippen molar-refractivity contribution in [2.24, 2.45) is 0 Å². The molecule has 0 aliphatic rings. The van der Waals surface area contributed by atoms with Crippen molar-refractivity contribution < 1.29 is 16.8 Å². The van der Waals surface area contributed by atoms with E-state index in [0.29, 0.717) is 22.5 Å². The lowest BCUT2D eigenvalue weighted by Crippen LogP contribution is -2.18. The Labute approximate surface area is 203 Å². The highest BCUT2D eigenvalue weighted by Gasteiger charge is 2.24. The first-order valence-corrected chi connectivity index (χ1v) is 13.8. The van der Waals surface area contributed by atoms with Crippen molar-refractivity contribution in [3.8, 4) is 0 Å². The number of sulfonamides is 2. The third-order valence-electron chi connectivity index (χ3n) is 4.24. The largest absolute Gasteiger partial charge is 0.280 e. The molecule has 30 heavy (non-hydrogen) atoms. The van der Waals surface area contributed by atoms with Crippen molar-refractivity contribution in [1.82, 2.24) is 0 Å². The van der Waals surface area contributed by atoms with E-state index < -0.39 is 20.0 Å². The Bertz CT molecular complexity index is 1190. The van der Waals surface area contributed by atoms with Crippen LogP contribution in [0.3, 0.4) is 0 Å². The van der Waals surface area contributed by atoms with E-state index in [1.54, 1.807) is 68.4 Å². The van der Waals surface area contributed by atoms with Gasteiger partial charge in [-0.3, -0.25) is 9.44 Å². The molecule has 0 aliphatic carbocycles. The number of hydrogen-bond donors (Lipinski definition) is 2. The highest BCUT2D eigenvalue weighted by Crippen LogP contribution is 2.27. The molecule has 0 radical (unpaired) electrons. The molecule has 3 aromatic carbocycles. The summed E-state index contributed by atoms with van der Waals surface area (Å²) in [5.41, 5.74) is 1.71. The Balaban J connectivity index is 2.00. The summed E-state index contributed by atoms with van der Waals surface area (Å²) in [6.07, 6.45) is 0. The molecule has 3 aromatic rings. The third kappa shape index (κ3) is 5.45. The summed E-state index contributed by atoms with van der Waals surface area (Å²) in [7, 11) is -7.96. The zero-order chi connectivity index (χ0) is 22.1. The predicted octanol–water partition coefficient (Wildman–Crippen LogP) is 5.11. The first-order valence-electron chi connectivity index (χ1n) is 8.66.